The minimum absolute atomic E-state index is 0.00171. The Labute approximate surface area is 113 Å². The normalized spacial score (nSPS) is 28.9. The van der Waals surface area contributed by atoms with Crippen LogP contribution in [-0.2, 0) is 4.74 Å². The summed E-state index contributed by atoms with van der Waals surface area (Å²) in [4.78, 5) is 24.7. The maximum atomic E-state index is 12.3. The first-order valence-electron chi connectivity index (χ1n) is 6.11. The number of benzene rings is 1. The van der Waals surface area contributed by atoms with Crippen LogP contribution < -0.4 is 0 Å². The monoisotopic (exact) mass is 276 g/mol. The van der Waals surface area contributed by atoms with Crippen molar-refractivity contribution in [2.45, 2.75) is 25.2 Å². The third kappa shape index (κ3) is 1.52. The summed E-state index contributed by atoms with van der Waals surface area (Å²) in [6, 6.07) is 4.11. The molecule has 3 N–H and O–H groups in total. The molecule has 0 saturated heterocycles. The van der Waals surface area contributed by atoms with Crippen molar-refractivity contribution in [2.75, 3.05) is 0 Å². The van der Waals surface area contributed by atoms with E-state index in [9.17, 15) is 24.9 Å². The lowest BCUT2D eigenvalue weighted by atomic mass is 9.82. The smallest absolute Gasteiger partial charge is 0.232 e. The molecule has 0 fully saturated rings. The number of aliphatic hydroxyl groups is 2. The van der Waals surface area contributed by atoms with E-state index in [1.54, 1.807) is 0 Å². The topological polar surface area (TPSA) is 104 Å². The first-order valence-corrected chi connectivity index (χ1v) is 6.11. The molecule has 6 heteroatoms. The molecule has 104 valence electrons. The number of ketones is 2. The van der Waals surface area contributed by atoms with Crippen molar-refractivity contribution in [1.82, 2.24) is 0 Å². The van der Waals surface area contributed by atoms with Crippen molar-refractivity contribution in [3.05, 3.63) is 40.7 Å². The molecule has 0 amide bonds. The molecule has 0 radical (unpaired) electrons. The fraction of sp³-hybridized carbons (Fsp3) is 0.286. The van der Waals surface area contributed by atoms with Crippen LogP contribution in [0.1, 0.15) is 27.6 Å². The molecule has 1 aliphatic heterocycles. The van der Waals surface area contributed by atoms with E-state index in [2.05, 4.69) is 0 Å². The Bertz CT molecular complexity index is 660. The fourth-order valence-corrected chi connectivity index (χ4v) is 2.52. The summed E-state index contributed by atoms with van der Waals surface area (Å²) in [6.45, 7) is 1.48. The standard InChI is InChI=1S/C14H12O6/c1-5-10(16)12(18)9-11(17)6-3-2-4-7(15)8(6)13(19)14(9)20-5/h2-5,10,12,15-16,18H,1H3. The maximum absolute atomic E-state index is 12.3. The molecule has 2 aliphatic rings. The van der Waals surface area contributed by atoms with E-state index in [-0.39, 0.29) is 28.2 Å². The Hall–Kier alpha value is -2.18. The molecular weight excluding hydrogens is 264 g/mol. The zero-order valence-electron chi connectivity index (χ0n) is 10.5. The number of phenolic OH excluding ortho intramolecular Hbond substituents is 1. The van der Waals surface area contributed by atoms with Crippen molar-refractivity contribution >= 4 is 11.6 Å². The third-order valence-electron chi connectivity index (χ3n) is 3.61. The first-order chi connectivity index (χ1) is 9.43. The van der Waals surface area contributed by atoms with Gasteiger partial charge in [0.1, 0.15) is 24.1 Å². The lowest BCUT2D eigenvalue weighted by Gasteiger charge is -2.35. The molecule has 0 bridgehead atoms. The van der Waals surface area contributed by atoms with Crippen LogP contribution in [0.5, 0.6) is 5.75 Å². The Balaban J connectivity index is 2.24. The molecule has 1 aromatic carbocycles. The maximum Gasteiger partial charge on any atom is 0.232 e. The summed E-state index contributed by atoms with van der Waals surface area (Å²) in [5, 5.41) is 29.5. The van der Waals surface area contributed by atoms with Gasteiger partial charge in [0.15, 0.2) is 11.5 Å². The van der Waals surface area contributed by atoms with Crippen molar-refractivity contribution in [1.29, 1.82) is 0 Å². The first kappa shape index (κ1) is 12.8. The van der Waals surface area contributed by atoms with Crippen LogP contribution in [0.2, 0.25) is 0 Å². The van der Waals surface area contributed by atoms with Gasteiger partial charge in [-0.25, -0.2) is 0 Å². The Morgan fingerprint density at radius 3 is 2.55 bits per heavy atom. The summed E-state index contributed by atoms with van der Waals surface area (Å²) >= 11 is 0. The van der Waals surface area contributed by atoms with Crippen LogP contribution in [0, 0.1) is 0 Å². The predicted octanol–water partition coefficient (Wildman–Crippen LogP) is 0.166. The molecule has 3 unspecified atom stereocenters. The number of carbonyl (C=O) groups excluding carboxylic acids is 2. The van der Waals surface area contributed by atoms with Gasteiger partial charge >= 0.3 is 0 Å². The van der Waals surface area contributed by atoms with E-state index < -0.39 is 29.9 Å². The van der Waals surface area contributed by atoms with Gasteiger partial charge in [-0.2, -0.15) is 0 Å². The van der Waals surface area contributed by atoms with E-state index in [1.807, 2.05) is 0 Å². The van der Waals surface area contributed by atoms with Crippen LogP contribution in [0.15, 0.2) is 29.5 Å². The number of fused-ring (bicyclic) bond motifs is 1. The highest BCUT2D eigenvalue weighted by Gasteiger charge is 2.46. The van der Waals surface area contributed by atoms with E-state index in [4.69, 9.17) is 4.74 Å². The highest BCUT2D eigenvalue weighted by atomic mass is 16.5. The molecule has 20 heavy (non-hydrogen) atoms. The second-order valence-corrected chi connectivity index (χ2v) is 4.86. The van der Waals surface area contributed by atoms with Gasteiger partial charge in [0.2, 0.25) is 5.78 Å². The second-order valence-electron chi connectivity index (χ2n) is 4.86. The number of rotatable bonds is 0. The van der Waals surface area contributed by atoms with Crippen molar-refractivity contribution in [3.63, 3.8) is 0 Å². The number of hydrogen-bond donors (Lipinski definition) is 3. The molecular formula is C14H12O6. The predicted molar refractivity (Wildman–Crippen MR) is 66.4 cm³/mol. The van der Waals surface area contributed by atoms with Gasteiger partial charge in [-0.05, 0) is 13.0 Å². The van der Waals surface area contributed by atoms with Crippen LogP contribution in [0.25, 0.3) is 0 Å². The van der Waals surface area contributed by atoms with Crippen LogP contribution in [0.3, 0.4) is 0 Å². The minimum atomic E-state index is -1.49. The summed E-state index contributed by atoms with van der Waals surface area (Å²) in [6.07, 6.45) is -3.60. The molecule has 1 aromatic rings. The van der Waals surface area contributed by atoms with E-state index in [0.29, 0.717) is 0 Å². The van der Waals surface area contributed by atoms with Crippen LogP contribution in [-0.4, -0.2) is 45.2 Å². The number of ether oxygens (including phenoxy) is 1. The van der Waals surface area contributed by atoms with E-state index in [1.165, 1.54) is 25.1 Å². The van der Waals surface area contributed by atoms with Crippen LogP contribution in [0.4, 0.5) is 0 Å². The van der Waals surface area contributed by atoms with Gasteiger partial charge in [-0.15, -0.1) is 0 Å². The largest absolute Gasteiger partial charge is 0.507 e. The molecule has 1 aliphatic carbocycles. The minimum Gasteiger partial charge on any atom is -0.507 e. The number of carbonyl (C=O) groups is 2. The third-order valence-corrected chi connectivity index (χ3v) is 3.61. The molecule has 0 aromatic heterocycles. The number of aliphatic hydroxyl groups excluding tert-OH is 2. The lowest BCUT2D eigenvalue weighted by molar-refractivity contribution is -0.0683. The number of hydrogen-bond acceptors (Lipinski definition) is 6. The fourth-order valence-electron chi connectivity index (χ4n) is 2.52. The summed E-state index contributed by atoms with van der Waals surface area (Å²) < 4.78 is 5.26. The van der Waals surface area contributed by atoms with E-state index >= 15 is 0 Å². The van der Waals surface area contributed by atoms with Gasteiger partial charge in [0.25, 0.3) is 0 Å². The average molecular weight is 276 g/mol. The Morgan fingerprint density at radius 2 is 1.85 bits per heavy atom. The summed E-state index contributed by atoms with van der Waals surface area (Å²) in [5.41, 5.74) is -0.385. The van der Waals surface area contributed by atoms with Crippen LogP contribution >= 0.6 is 0 Å². The zero-order chi connectivity index (χ0) is 14.6. The number of Topliss-reactive ketones (excluding diaryl/α,β-unsaturated/α-hetero) is 2. The van der Waals surface area contributed by atoms with Crippen molar-refractivity contribution in [2.24, 2.45) is 0 Å². The van der Waals surface area contributed by atoms with Gasteiger partial charge in [-0.1, -0.05) is 12.1 Å². The zero-order valence-corrected chi connectivity index (χ0v) is 10.5. The summed E-state index contributed by atoms with van der Waals surface area (Å²) in [5.74, 6) is -1.90. The second kappa shape index (κ2) is 4.16. The Morgan fingerprint density at radius 1 is 1.15 bits per heavy atom. The quantitative estimate of drug-likeness (QED) is 0.624. The molecule has 1 heterocycles. The lowest BCUT2D eigenvalue weighted by Crippen LogP contribution is -2.47. The highest BCUT2D eigenvalue weighted by molar-refractivity contribution is 6.27. The van der Waals surface area contributed by atoms with Crippen molar-refractivity contribution < 1.29 is 29.6 Å². The number of aromatic hydroxyl groups is 1. The van der Waals surface area contributed by atoms with Gasteiger partial charge < -0.3 is 20.1 Å². The van der Waals surface area contributed by atoms with E-state index in [0.717, 1.165) is 0 Å². The molecule has 3 atom stereocenters. The average Bonchev–Trinajstić information content (AvgIpc) is 2.41. The molecule has 0 saturated carbocycles. The van der Waals surface area contributed by atoms with Crippen molar-refractivity contribution in [3.8, 4) is 5.75 Å². The summed E-state index contributed by atoms with van der Waals surface area (Å²) in [7, 11) is 0. The van der Waals surface area contributed by atoms with Gasteiger partial charge in [0, 0.05) is 5.56 Å². The number of allylic oxidation sites excluding steroid dienone is 1. The number of phenols is 1. The SMILES string of the molecule is CC1OC2=C(C(=O)c3cccc(O)c3C2=O)C(O)C1O. The van der Waals surface area contributed by atoms with Gasteiger partial charge in [-0.3, -0.25) is 9.59 Å². The van der Waals surface area contributed by atoms with Gasteiger partial charge in [0.05, 0.1) is 11.1 Å². The Kier molecular flexibility index (Phi) is 2.67. The molecule has 0 spiro atoms. The highest BCUT2D eigenvalue weighted by Crippen LogP contribution is 2.37. The molecule has 6 nitrogen and oxygen atoms in total. The molecule has 3 rings (SSSR count).